The summed E-state index contributed by atoms with van der Waals surface area (Å²) < 4.78 is 0. The third-order valence-electron chi connectivity index (χ3n) is 5.99. The summed E-state index contributed by atoms with van der Waals surface area (Å²) >= 11 is 0. The van der Waals surface area contributed by atoms with Crippen LogP contribution < -0.4 is 5.32 Å². The Hall–Kier alpha value is -2.03. The fourth-order valence-corrected chi connectivity index (χ4v) is 4.51. The monoisotopic (exact) mass is 352 g/mol. The molecular weight excluding hydrogens is 320 g/mol. The second-order valence-electron chi connectivity index (χ2n) is 7.77. The van der Waals surface area contributed by atoms with E-state index in [1.54, 1.807) is 7.05 Å². The van der Waals surface area contributed by atoms with Gasteiger partial charge in [0.1, 0.15) is 6.04 Å². The van der Waals surface area contributed by atoms with Crippen LogP contribution in [0.4, 0.5) is 0 Å². The first-order valence-electron chi connectivity index (χ1n) is 10.0. The van der Waals surface area contributed by atoms with Crippen LogP contribution in [-0.4, -0.2) is 23.9 Å². The summed E-state index contributed by atoms with van der Waals surface area (Å²) in [5.41, 5.74) is 4.93. The predicted molar refractivity (Wildman–Crippen MR) is 109 cm³/mol. The summed E-state index contributed by atoms with van der Waals surface area (Å²) in [6, 6.07) is 6.65. The van der Waals surface area contributed by atoms with Crippen molar-refractivity contribution in [2.24, 2.45) is 5.92 Å². The number of carbonyl (C=O) groups is 1. The predicted octanol–water partition coefficient (Wildman–Crippen LogP) is 4.68. The standard InChI is InChI=1S/C23H32N2O/c1-4-5-11-22(23(26)24-3)25-16-20-15-19(12-13-21(20)17(25)2)14-18-9-7-6-8-10-18/h4,12-13,15,18,22H,1-2,5-11,14,16H2,3H3,(H,24,26). The van der Waals surface area contributed by atoms with Crippen molar-refractivity contribution in [3.05, 3.63) is 54.1 Å². The van der Waals surface area contributed by atoms with Gasteiger partial charge in [0.25, 0.3) is 0 Å². The maximum absolute atomic E-state index is 12.4. The Balaban J connectivity index is 1.74. The number of fused-ring (bicyclic) bond motifs is 1. The first kappa shape index (κ1) is 18.8. The summed E-state index contributed by atoms with van der Waals surface area (Å²) in [6.45, 7) is 8.87. The van der Waals surface area contributed by atoms with Crippen molar-refractivity contribution in [1.82, 2.24) is 10.2 Å². The molecule has 3 nitrogen and oxygen atoms in total. The van der Waals surface area contributed by atoms with Crippen LogP contribution >= 0.6 is 0 Å². The molecular formula is C23H32N2O. The molecule has 0 aromatic heterocycles. The fourth-order valence-electron chi connectivity index (χ4n) is 4.51. The lowest BCUT2D eigenvalue weighted by atomic mass is 9.84. The second-order valence-corrected chi connectivity index (χ2v) is 7.77. The number of allylic oxidation sites excluding steroid dienone is 1. The van der Waals surface area contributed by atoms with Crippen molar-refractivity contribution >= 4 is 11.6 Å². The van der Waals surface area contributed by atoms with E-state index in [4.69, 9.17) is 0 Å². The Bertz CT molecular complexity index is 673. The number of benzene rings is 1. The Kier molecular flexibility index (Phi) is 6.18. The van der Waals surface area contributed by atoms with Crippen molar-refractivity contribution in [3.63, 3.8) is 0 Å². The molecule has 0 bridgehead atoms. The van der Waals surface area contributed by atoms with Gasteiger partial charge in [0.2, 0.25) is 5.91 Å². The van der Waals surface area contributed by atoms with Crippen molar-refractivity contribution in [2.75, 3.05) is 7.05 Å². The SMILES string of the molecule is C=CCCC(C(=O)NC)N1Cc2cc(CC3CCCCC3)ccc2C1=C. The minimum atomic E-state index is -0.181. The number of hydrogen-bond acceptors (Lipinski definition) is 2. The number of hydrogen-bond donors (Lipinski definition) is 1. The molecule has 1 amide bonds. The first-order valence-corrected chi connectivity index (χ1v) is 10.0. The highest BCUT2D eigenvalue weighted by Gasteiger charge is 2.32. The molecule has 1 aliphatic heterocycles. The van der Waals surface area contributed by atoms with E-state index in [0.29, 0.717) is 0 Å². The molecule has 1 aliphatic carbocycles. The highest BCUT2D eigenvalue weighted by molar-refractivity contribution is 5.84. The number of nitrogens with one attached hydrogen (secondary N) is 1. The van der Waals surface area contributed by atoms with Crippen LogP contribution in [0.2, 0.25) is 0 Å². The molecule has 1 fully saturated rings. The zero-order valence-electron chi connectivity index (χ0n) is 16.1. The third-order valence-corrected chi connectivity index (χ3v) is 5.99. The summed E-state index contributed by atoms with van der Waals surface area (Å²) in [5, 5.41) is 2.81. The van der Waals surface area contributed by atoms with E-state index in [1.165, 1.54) is 55.2 Å². The first-order chi connectivity index (χ1) is 12.6. The summed E-state index contributed by atoms with van der Waals surface area (Å²) in [4.78, 5) is 14.6. The zero-order chi connectivity index (χ0) is 18.5. The number of rotatable bonds is 7. The van der Waals surface area contributed by atoms with E-state index >= 15 is 0 Å². The smallest absolute Gasteiger partial charge is 0.242 e. The molecule has 140 valence electrons. The van der Waals surface area contributed by atoms with Gasteiger partial charge < -0.3 is 10.2 Å². The molecule has 3 rings (SSSR count). The van der Waals surface area contributed by atoms with Gasteiger partial charge in [-0.05, 0) is 36.3 Å². The van der Waals surface area contributed by atoms with Crippen LogP contribution in [0.1, 0.15) is 61.6 Å². The number of amides is 1. The van der Waals surface area contributed by atoms with E-state index in [9.17, 15) is 4.79 Å². The Labute approximate surface area is 158 Å². The molecule has 0 saturated heterocycles. The van der Waals surface area contributed by atoms with Crippen LogP contribution in [-0.2, 0) is 17.8 Å². The largest absolute Gasteiger partial charge is 0.357 e. The van der Waals surface area contributed by atoms with E-state index in [0.717, 1.165) is 31.0 Å². The average Bonchev–Trinajstić information content (AvgIpc) is 2.98. The molecule has 1 N–H and O–H groups in total. The normalized spacial score (nSPS) is 18.5. The Morgan fingerprint density at radius 1 is 1.35 bits per heavy atom. The summed E-state index contributed by atoms with van der Waals surface area (Å²) in [7, 11) is 1.71. The van der Waals surface area contributed by atoms with Gasteiger partial charge in [0.15, 0.2) is 0 Å². The van der Waals surface area contributed by atoms with Gasteiger partial charge in [-0.15, -0.1) is 6.58 Å². The van der Waals surface area contributed by atoms with Gasteiger partial charge in [0.05, 0.1) is 0 Å². The van der Waals surface area contributed by atoms with E-state index < -0.39 is 0 Å². The van der Waals surface area contributed by atoms with Gasteiger partial charge in [-0.2, -0.15) is 0 Å². The Morgan fingerprint density at radius 3 is 2.81 bits per heavy atom. The molecule has 3 heteroatoms. The molecule has 1 atom stereocenters. The summed E-state index contributed by atoms with van der Waals surface area (Å²) in [6.07, 6.45) is 11.6. The number of carbonyl (C=O) groups excluding carboxylic acids is 1. The van der Waals surface area contributed by atoms with Crippen LogP contribution in [0, 0.1) is 5.92 Å². The lowest BCUT2D eigenvalue weighted by Crippen LogP contribution is -2.42. The minimum Gasteiger partial charge on any atom is -0.357 e. The molecule has 2 aliphatic rings. The van der Waals surface area contributed by atoms with Crippen LogP contribution in [0.5, 0.6) is 0 Å². The lowest BCUT2D eigenvalue weighted by molar-refractivity contribution is -0.125. The van der Waals surface area contributed by atoms with Crippen molar-refractivity contribution in [2.45, 2.75) is 64.0 Å². The van der Waals surface area contributed by atoms with Gasteiger partial charge >= 0.3 is 0 Å². The average molecular weight is 353 g/mol. The van der Waals surface area contributed by atoms with Crippen molar-refractivity contribution in [1.29, 1.82) is 0 Å². The van der Waals surface area contributed by atoms with Gasteiger partial charge in [-0.1, -0.05) is 63.0 Å². The van der Waals surface area contributed by atoms with Gasteiger partial charge in [-0.3, -0.25) is 4.79 Å². The van der Waals surface area contributed by atoms with E-state index in [-0.39, 0.29) is 11.9 Å². The zero-order valence-corrected chi connectivity index (χ0v) is 16.1. The molecule has 1 aromatic carbocycles. The van der Waals surface area contributed by atoms with E-state index in [1.807, 2.05) is 6.08 Å². The van der Waals surface area contributed by atoms with E-state index in [2.05, 4.69) is 41.6 Å². The highest BCUT2D eigenvalue weighted by Crippen LogP contribution is 2.36. The topological polar surface area (TPSA) is 32.3 Å². The van der Waals surface area contributed by atoms with Crippen LogP contribution in [0.25, 0.3) is 5.70 Å². The Morgan fingerprint density at radius 2 is 2.12 bits per heavy atom. The highest BCUT2D eigenvalue weighted by atomic mass is 16.2. The quantitative estimate of drug-likeness (QED) is 0.723. The van der Waals surface area contributed by atoms with Crippen molar-refractivity contribution < 1.29 is 4.79 Å². The molecule has 1 aromatic rings. The van der Waals surface area contributed by atoms with Gasteiger partial charge in [0, 0.05) is 24.9 Å². The number of likely N-dealkylation sites (N-methyl/N-ethyl adjacent to an activating group) is 1. The lowest BCUT2D eigenvalue weighted by Gasteiger charge is -2.28. The van der Waals surface area contributed by atoms with Crippen LogP contribution in [0.15, 0.2) is 37.4 Å². The molecule has 1 heterocycles. The maximum Gasteiger partial charge on any atom is 0.242 e. The summed E-state index contributed by atoms with van der Waals surface area (Å²) in [5.74, 6) is 0.900. The third kappa shape index (κ3) is 4.03. The second kappa shape index (κ2) is 8.57. The molecule has 0 spiro atoms. The molecule has 1 unspecified atom stereocenters. The number of nitrogens with zero attached hydrogens (tertiary/aromatic N) is 1. The fraction of sp³-hybridized carbons (Fsp3) is 0.522. The molecule has 0 radical (unpaired) electrons. The van der Waals surface area contributed by atoms with Crippen molar-refractivity contribution in [3.8, 4) is 0 Å². The molecule has 1 saturated carbocycles. The maximum atomic E-state index is 12.4. The molecule has 26 heavy (non-hydrogen) atoms. The van der Waals surface area contributed by atoms with Gasteiger partial charge in [-0.25, -0.2) is 0 Å². The minimum absolute atomic E-state index is 0.0586. The van der Waals surface area contributed by atoms with Crippen LogP contribution in [0.3, 0.4) is 0 Å².